The maximum absolute atomic E-state index is 3.65. The van der Waals surface area contributed by atoms with E-state index >= 15 is 0 Å². The van der Waals surface area contributed by atoms with Crippen LogP contribution in [0.3, 0.4) is 0 Å². The van der Waals surface area contributed by atoms with Gasteiger partial charge in [-0.2, -0.15) is 0 Å². The summed E-state index contributed by atoms with van der Waals surface area (Å²) >= 11 is 0. The topological polar surface area (TPSA) is 0 Å². The maximum atomic E-state index is 3.65. The molecule has 2 rings (SSSR count). The minimum absolute atomic E-state index is 0.181. The fraction of sp³-hybridized carbons (Fsp3) is 0.419. The normalized spacial score (nSPS) is 11.6. The molecule has 0 bridgehead atoms. The molecule has 0 aliphatic heterocycles. The molecular weight excluding hydrogens is 372 g/mol. The second kappa shape index (κ2) is 15.5. The molecular formula is C31H46. The van der Waals surface area contributed by atoms with Gasteiger partial charge < -0.3 is 0 Å². The largest absolute Gasteiger partial charge is 0.0991 e. The molecule has 0 spiro atoms. The zero-order valence-electron chi connectivity index (χ0n) is 21.6. The van der Waals surface area contributed by atoms with Crippen molar-refractivity contribution < 1.29 is 0 Å². The third-order valence-corrected chi connectivity index (χ3v) is 5.18. The molecule has 0 saturated carbocycles. The predicted molar refractivity (Wildman–Crippen MR) is 143 cm³/mol. The average Bonchev–Trinajstić information content (AvgIpc) is 2.76. The van der Waals surface area contributed by atoms with Gasteiger partial charge in [-0.05, 0) is 52.9 Å². The van der Waals surface area contributed by atoms with Gasteiger partial charge in [0, 0.05) is 0 Å². The van der Waals surface area contributed by atoms with E-state index in [0.29, 0.717) is 11.8 Å². The highest BCUT2D eigenvalue weighted by atomic mass is 14.2. The van der Waals surface area contributed by atoms with E-state index in [1.807, 2.05) is 32.9 Å². The third kappa shape index (κ3) is 11.0. The summed E-state index contributed by atoms with van der Waals surface area (Å²) in [6, 6.07) is 19.9. The highest BCUT2D eigenvalue weighted by Gasteiger charge is 2.20. The van der Waals surface area contributed by atoms with Crippen LogP contribution in [0.25, 0.3) is 0 Å². The van der Waals surface area contributed by atoms with Crippen LogP contribution in [-0.2, 0) is 11.8 Å². The SMILES string of the molecule is C=C/C=C(\C=C/C)C(C)C.CC.CC(C)c1ccc(CC(C)(C)c2ccccc2)cc1. The standard InChI is InChI=1S/C19H24.C10H16.C2H6/c1-15(2)17-12-10-16(11-13-17)14-19(3,4)18-8-6-5-7-9-18;1-5-7-10(8-6-2)9(3)4;1-2/h5-13,15H,14H2,1-4H3;5-9H,1H2,2-4H3;1-2H3/b;8-6-,10-7+;. The van der Waals surface area contributed by atoms with E-state index in [1.54, 1.807) is 0 Å². The van der Waals surface area contributed by atoms with Crippen LogP contribution in [0, 0.1) is 5.92 Å². The number of hydrogen-bond donors (Lipinski definition) is 0. The highest BCUT2D eigenvalue weighted by Crippen LogP contribution is 2.28. The van der Waals surface area contributed by atoms with Crippen LogP contribution >= 0.6 is 0 Å². The van der Waals surface area contributed by atoms with Crippen LogP contribution < -0.4 is 0 Å². The smallest absolute Gasteiger partial charge is 0.00632 e. The first kappa shape index (κ1) is 28.7. The van der Waals surface area contributed by atoms with E-state index < -0.39 is 0 Å². The minimum atomic E-state index is 0.181. The Morgan fingerprint density at radius 3 is 1.87 bits per heavy atom. The van der Waals surface area contributed by atoms with Gasteiger partial charge in [0.05, 0.1) is 0 Å². The zero-order chi connectivity index (χ0) is 23.9. The lowest BCUT2D eigenvalue weighted by Crippen LogP contribution is -2.20. The first-order valence-electron chi connectivity index (χ1n) is 11.8. The van der Waals surface area contributed by atoms with Crippen molar-refractivity contribution in [2.75, 3.05) is 0 Å². The molecule has 31 heavy (non-hydrogen) atoms. The monoisotopic (exact) mass is 418 g/mol. The van der Waals surface area contributed by atoms with E-state index in [4.69, 9.17) is 0 Å². The molecule has 0 fully saturated rings. The van der Waals surface area contributed by atoms with Crippen LogP contribution in [0.15, 0.2) is 91.1 Å². The summed E-state index contributed by atoms with van der Waals surface area (Å²) in [5.41, 5.74) is 5.75. The van der Waals surface area contributed by atoms with Gasteiger partial charge in [-0.3, -0.25) is 0 Å². The number of rotatable bonds is 7. The van der Waals surface area contributed by atoms with Crippen LogP contribution in [-0.4, -0.2) is 0 Å². The fourth-order valence-corrected chi connectivity index (χ4v) is 3.29. The Labute approximate surface area is 193 Å². The molecule has 0 heterocycles. The van der Waals surface area contributed by atoms with Gasteiger partial charge in [0.1, 0.15) is 0 Å². The first-order valence-corrected chi connectivity index (χ1v) is 11.8. The molecule has 2 aromatic carbocycles. The Hall–Kier alpha value is -2.34. The summed E-state index contributed by atoms with van der Waals surface area (Å²) in [5, 5.41) is 0. The van der Waals surface area contributed by atoms with E-state index in [-0.39, 0.29) is 5.41 Å². The fourth-order valence-electron chi connectivity index (χ4n) is 3.29. The van der Waals surface area contributed by atoms with Gasteiger partial charge in [-0.1, -0.05) is 141 Å². The van der Waals surface area contributed by atoms with Crippen LogP contribution in [0.1, 0.15) is 84.9 Å². The van der Waals surface area contributed by atoms with E-state index in [1.165, 1.54) is 22.3 Å². The first-order chi connectivity index (χ1) is 14.7. The quantitative estimate of drug-likeness (QED) is 0.392. The summed E-state index contributed by atoms with van der Waals surface area (Å²) in [7, 11) is 0. The third-order valence-electron chi connectivity index (χ3n) is 5.18. The van der Waals surface area contributed by atoms with E-state index in [0.717, 1.165) is 6.42 Å². The highest BCUT2D eigenvalue weighted by molar-refractivity contribution is 5.30. The van der Waals surface area contributed by atoms with Gasteiger partial charge in [-0.25, -0.2) is 0 Å². The molecule has 0 radical (unpaired) electrons. The van der Waals surface area contributed by atoms with E-state index in [2.05, 4.69) is 115 Å². The Balaban J connectivity index is 0.000000639. The Bertz CT molecular complexity index is 769. The summed E-state index contributed by atoms with van der Waals surface area (Å²) in [6.07, 6.45) is 9.12. The summed E-state index contributed by atoms with van der Waals surface area (Å²) in [4.78, 5) is 0. The molecule has 0 aromatic heterocycles. The Kier molecular flexibility index (Phi) is 14.3. The zero-order valence-corrected chi connectivity index (χ0v) is 21.6. The predicted octanol–water partition coefficient (Wildman–Crippen LogP) is 9.69. The van der Waals surface area contributed by atoms with Gasteiger partial charge in [-0.15, -0.1) is 0 Å². The van der Waals surface area contributed by atoms with Crippen molar-refractivity contribution in [1.29, 1.82) is 0 Å². The average molecular weight is 419 g/mol. The molecule has 2 aromatic rings. The van der Waals surface area contributed by atoms with Crippen LogP contribution in [0.4, 0.5) is 0 Å². The molecule has 0 atom stereocenters. The number of hydrogen-bond acceptors (Lipinski definition) is 0. The Morgan fingerprint density at radius 2 is 1.45 bits per heavy atom. The van der Waals surface area contributed by atoms with Crippen LogP contribution in [0.2, 0.25) is 0 Å². The summed E-state index contributed by atoms with van der Waals surface area (Å²) < 4.78 is 0. The molecule has 0 aliphatic carbocycles. The van der Waals surface area contributed by atoms with Crippen molar-refractivity contribution >= 4 is 0 Å². The number of benzene rings is 2. The Morgan fingerprint density at radius 1 is 0.903 bits per heavy atom. The lowest BCUT2D eigenvalue weighted by atomic mass is 9.79. The molecule has 0 aliphatic rings. The van der Waals surface area contributed by atoms with Gasteiger partial charge in [0.15, 0.2) is 0 Å². The van der Waals surface area contributed by atoms with Crippen molar-refractivity contribution in [2.24, 2.45) is 5.92 Å². The van der Waals surface area contributed by atoms with Gasteiger partial charge in [0.25, 0.3) is 0 Å². The second-order valence-electron chi connectivity index (χ2n) is 8.88. The van der Waals surface area contributed by atoms with Crippen molar-refractivity contribution in [1.82, 2.24) is 0 Å². The van der Waals surface area contributed by atoms with Crippen molar-refractivity contribution in [2.45, 2.75) is 80.1 Å². The molecule has 0 unspecified atom stereocenters. The number of allylic oxidation sites excluding steroid dienone is 5. The molecule has 0 N–H and O–H groups in total. The molecule has 0 saturated heterocycles. The van der Waals surface area contributed by atoms with Crippen molar-refractivity contribution in [3.8, 4) is 0 Å². The molecule has 0 nitrogen and oxygen atoms in total. The van der Waals surface area contributed by atoms with Crippen molar-refractivity contribution in [3.05, 3.63) is 108 Å². The molecule has 170 valence electrons. The summed E-state index contributed by atoms with van der Waals surface area (Å²) in [5.74, 6) is 1.20. The minimum Gasteiger partial charge on any atom is -0.0991 e. The van der Waals surface area contributed by atoms with Gasteiger partial charge in [0.2, 0.25) is 0 Å². The van der Waals surface area contributed by atoms with E-state index in [9.17, 15) is 0 Å². The van der Waals surface area contributed by atoms with Gasteiger partial charge >= 0.3 is 0 Å². The lowest BCUT2D eigenvalue weighted by Gasteiger charge is -2.25. The summed E-state index contributed by atoms with van der Waals surface area (Å²) in [6.45, 7) is 23.1. The lowest BCUT2D eigenvalue weighted by molar-refractivity contribution is 0.522. The maximum Gasteiger partial charge on any atom is -0.00632 e. The van der Waals surface area contributed by atoms with Crippen LogP contribution in [0.5, 0.6) is 0 Å². The van der Waals surface area contributed by atoms with Crippen molar-refractivity contribution in [3.63, 3.8) is 0 Å². The molecule has 0 heteroatoms. The second-order valence-corrected chi connectivity index (χ2v) is 8.88. The molecule has 0 amide bonds.